The minimum Gasteiger partial charge on any atom is -0.508 e. The quantitative estimate of drug-likeness (QED) is 0.163. The van der Waals surface area contributed by atoms with Crippen LogP contribution in [0.15, 0.2) is 51.1 Å². The molecule has 0 radical (unpaired) electrons. The van der Waals surface area contributed by atoms with E-state index in [9.17, 15) is 60.1 Å². The highest BCUT2D eigenvalue weighted by molar-refractivity contribution is 7.92. The normalized spacial score (nSPS) is 36.3. The summed E-state index contributed by atoms with van der Waals surface area (Å²) in [5.41, 5.74) is 1.34. The average molecular weight is 1480 g/mol. The fraction of sp³-hybridized carbons (Fsp3) is 0.741. The standard InChI is InChI=1S/2C27H40N2O4S.C22H30O5S.C5H12N2/c2*1-25(2)8-6-9-26(3)21(25)7-10-27(4)22(26)17-34(32,33)20-16-18(30)15-19(23(20)27)24(31)29-13-11-28(5)12-14-29;1-20(2)7-5-8-21(3)16(20)6-9-22(4)17(21)12-28(26,27)15-11-13(23)10-14(18(15)22)19(24)25;1-7-4-2-6-3-5-7/h2*15-16,21-22,30H,6-14,17H2,1-5H3;10-11,16-17,23H,5-9,12H2,1-4H3,(H,24,25);6H,2-5H2,1H3/t2*21-,22+,26-,27+;16-,17+,21-,22+;/m000./s1. The summed E-state index contributed by atoms with van der Waals surface area (Å²) < 4.78 is 81.5. The number of benzene rings is 3. The first kappa shape index (κ1) is 77.8. The Balaban J connectivity index is 0.000000139. The monoisotopic (exact) mass is 1480 g/mol. The van der Waals surface area contributed by atoms with Gasteiger partial charge >= 0.3 is 5.97 Å². The predicted molar refractivity (Wildman–Crippen MR) is 403 cm³/mol. The van der Waals surface area contributed by atoms with E-state index in [1.165, 1.54) is 62.3 Å². The number of aromatic carboxylic acids is 1. The molecule has 5 N–H and O–H groups in total. The molecule has 2 amide bonds. The maximum absolute atomic E-state index is 13.8. The number of carboxylic acids is 1. The van der Waals surface area contributed by atoms with Gasteiger partial charge in [-0.1, -0.05) is 102 Å². The first-order chi connectivity index (χ1) is 47.8. The molecule has 15 rings (SSSR count). The van der Waals surface area contributed by atoms with E-state index < -0.39 is 51.7 Å². The zero-order valence-corrected chi connectivity index (χ0v) is 67.0. The Labute approximate surface area is 615 Å². The van der Waals surface area contributed by atoms with Crippen LogP contribution in [0.4, 0.5) is 0 Å². The number of carbonyl (C=O) groups excluding carboxylic acids is 2. The zero-order chi connectivity index (χ0) is 75.2. The van der Waals surface area contributed by atoms with Crippen LogP contribution in [0.5, 0.6) is 17.2 Å². The van der Waals surface area contributed by atoms with Crippen molar-refractivity contribution in [3.63, 3.8) is 0 Å². The molecule has 0 bridgehead atoms. The summed E-state index contributed by atoms with van der Waals surface area (Å²) in [6.07, 6.45) is 15.4. The summed E-state index contributed by atoms with van der Waals surface area (Å²) >= 11 is 0. The number of hydrogen-bond acceptors (Lipinski definition) is 16. The van der Waals surface area contributed by atoms with E-state index in [4.69, 9.17) is 0 Å². The van der Waals surface area contributed by atoms with Crippen LogP contribution in [0, 0.1) is 68.0 Å². The highest BCUT2D eigenvalue weighted by atomic mass is 32.2. The van der Waals surface area contributed by atoms with Crippen molar-refractivity contribution in [2.24, 2.45) is 68.0 Å². The first-order valence-corrected chi connectivity index (χ1v) is 43.7. The number of likely N-dealkylation sites (N-methyl/N-ethyl adjacent to an activating group) is 3. The molecule has 3 saturated heterocycles. The Morgan fingerprint density at radius 3 is 0.922 bits per heavy atom. The Hall–Kier alpha value is -4.84. The van der Waals surface area contributed by atoms with E-state index in [1.54, 1.807) is 0 Å². The van der Waals surface area contributed by atoms with Crippen molar-refractivity contribution in [1.29, 1.82) is 0 Å². The maximum atomic E-state index is 13.8. The Kier molecular flexibility index (Phi) is 20.4. The molecule has 572 valence electrons. The molecule has 3 aromatic carbocycles. The van der Waals surface area contributed by atoms with Crippen LogP contribution in [0.3, 0.4) is 0 Å². The van der Waals surface area contributed by atoms with Crippen molar-refractivity contribution < 1.29 is 60.1 Å². The van der Waals surface area contributed by atoms with Gasteiger partial charge < -0.3 is 50.2 Å². The van der Waals surface area contributed by atoms with Crippen LogP contribution in [-0.4, -0.2) is 205 Å². The smallest absolute Gasteiger partial charge is 0.336 e. The third kappa shape index (κ3) is 13.4. The van der Waals surface area contributed by atoms with Gasteiger partial charge in [0.15, 0.2) is 29.5 Å². The minimum atomic E-state index is -3.68. The summed E-state index contributed by atoms with van der Waals surface area (Å²) in [4.78, 5) is 50.4. The molecule has 22 heteroatoms. The van der Waals surface area contributed by atoms with Gasteiger partial charge in [0.2, 0.25) is 0 Å². The first-order valence-electron chi connectivity index (χ1n) is 38.7. The molecule has 3 aromatic rings. The van der Waals surface area contributed by atoms with Gasteiger partial charge in [0.1, 0.15) is 17.2 Å². The lowest BCUT2D eigenvalue weighted by molar-refractivity contribution is -0.0983. The van der Waals surface area contributed by atoms with Gasteiger partial charge in [-0.25, -0.2) is 30.0 Å². The Morgan fingerprint density at radius 2 is 0.650 bits per heavy atom. The van der Waals surface area contributed by atoms with E-state index in [2.05, 4.69) is 110 Å². The van der Waals surface area contributed by atoms with E-state index in [1.807, 2.05) is 23.9 Å². The van der Waals surface area contributed by atoms with E-state index in [0.717, 1.165) is 123 Å². The predicted octanol–water partition coefficient (Wildman–Crippen LogP) is 12.0. The molecule has 19 nitrogen and oxygen atoms in total. The van der Waals surface area contributed by atoms with Crippen molar-refractivity contribution in [3.05, 3.63) is 69.8 Å². The van der Waals surface area contributed by atoms with Crippen LogP contribution in [0.1, 0.15) is 227 Å². The van der Waals surface area contributed by atoms with Crippen LogP contribution < -0.4 is 5.32 Å². The van der Waals surface area contributed by atoms with Gasteiger partial charge in [0, 0.05) is 89.7 Å². The van der Waals surface area contributed by atoms with Crippen molar-refractivity contribution in [2.45, 2.75) is 210 Å². The zero-order valence-electron chi connectivity index (χ0n) is 64.6. The summed E-state index contributed by atoms with van der Waals surface area (Å²) in [6, 6.07) is 8.31. The highest BCUT2D eigenvalue weighted by Gasteiger charge is 2.66. The maximum Gasteiger partial charge on any atom is 0.336 e. The lowest BCUT2D eigenvalue weighted by atomic mass is 9.42. The number of phenols is 3. The largest absolute Gasteiger partial charge is 0.508 e. The molecule has 103 heavy (non-hydrogen) atoms. The van der Waals surface area contributed by atoms with Gasteiger partial charge in [0.05, 0.1) is 37.5 Å². The SMILES string of the molecule is CC1(C)CCC[C@]2(C)[C@H]3CS(=O)(=O)c4cc(O)cc(C(=O)O)c4[C@]3(C)CC[C@@H]12.CN1CCN(C(=O)c2cc(O)cc3c2[C@]2(C)CC[C@H]4C(C)(C)CCC[C@]4(C)[C@H]2CS3(=O)=O)CC1.CN1CCN(C(=O)c2cc(O)cc3c2[C@]2(C)CC[C@H]4C(C)(C)CCC[C@]4(C)[C@H]2CS3(=O)=O)CC1.CN1CCNCC1. The van der Waals surface area contributed by atoms with Gasteiger partial charge in [-0.15, -0.1) is 0 Å². The number of hydrogen-bond donors (Lipinski definition) is 5. The molecule has 6 saturated carbocycles. The van der Waals surface area contributed by atoms with Crippen molar-refractivity contribution in [3.8, 4) is 17.2 Å². The number of phenolic OH excluding ortho intramolecular Hbond substituents is 3. The fourth-order valence-corrected chi connectivity index (χ4v) is 31.8. The summed E-state index contributed by atoms with van der Waals surface area (Å²) in [6.45, 7) is 37.7. The fourth-order valence-electron chi connectivity index (χ4n) is 24.8. The van der Waals surface area contributed by atoms with Gasteiger partial charge in [0.25, 0.3) is 11.8 Å². The number of nitrogens with one attached hydrogen (secondary N) is 1. The molecule has 6 heterocycles. The number of carbonyl (C=O) groups is 3. The molecule has 0 aromatic heterocycles. The summed E-state index contributed by atoms with van der Waals surface area (Å²) in [7, 11) is -4.71. The topological polar surface area (TPSA) is 263 Å². The van der Waals surface area contributed by atoms with E-state index >= 15 is 0 Å². The number of piperazine rings is 3. The average Bonchev–Trinajstić information content (AvgIpc) is 0.700. The third-order valence-electron chi connectivity index (χ3n) is 30.1. The second kappa shape index (κ2) is 27.1. The molecule has 0 spiro atoms. The molecule has 9 fully saturated rings. The number of nitrogens with zero attached hydrogens (tertiary/aromatic N) is 5. The second-order valence-corrected chi connectivity index (χ2v) is 43.7. The number of rotatable bonds is 3. The minimum absolute atomic E-state index is 0.0146. The van der Waals surface area contributed by atoms with Crippen molar-refractivity contribution >= 4 is 47.3 Å². The van der Waals surface area contributed by atoms with Crippen LogP contribution in [0.25, 0.3) is 0 Å². The molecule has 0 unspecified atom stereocenters. The number of carboxylic acid groups (broad SMARTS) is 1. The third-order valence-corrected chi connectivity index (χ3v) is 35.4. The van der Waals surface area contributed by atoms with Gasteiger partial charge in [-0.2, -0.15) is 0 Å². The second-order valence-electron chi connectivity index (χ2n) is 37.7. The van der Waals surface area contributed by atoms with Crippen molar-refractivity contribution in [1.82, 2.24) is 29.8 Å². The Bertz CT molecular complexity index is 4000. The Morgan fingerprint density at radius 1 is 0.379 bits per heavy atom. The molecule has 6 aliphatic carbocycles. The van der Waals surface area contributed by atoms with Crippen LogP contribution in [-0.2, 0) is 45.8 Å². The summed E-state index contributed by atoms with van der Waals surface area (Å²) in [5.74, 6) is -0.663. The molecule has 12 aliphatic rings. The molecular formula is C81H122N6O13S3. The number of amides is 2. The number of fused-ring (bicyclic) bond motifs is 15. The molecule has 6 aliphatic heterocycles. The van der Waals surface area contributed by atoms with E-state index in [0.29, 0.717) is 71.8 Å². The number of aromatic hydroxyl groups is 3. The van der Waals surface area contributed by atoms with Gasteiger partial charge in [-0.05, 0) is 236 Å². The lowest BCUT2D eigenvalue weighted by Crippen LogP contribution is -2.60. The molecule has 12 atom stereocenters. The van der Waals surface area contributed by atoms with Crippen molar-refractivity contribution in [2.75, 3.05) is 117 Å². The van der Waals surface area contributed by atoms with Crippen LogP contribution in [0.2, 0.25) is 0 Å². The van der Waals surface area contributed by atoms with E-state index in [-0.39, 0.29) is 117 Å². The van der Waals surface area contributed by atoms with Gasteiger partial charge in [-0.3, -0.25) is 9.59 Å². The van der Waals surface area contributed by atoms with Crippen LogP contribution >= 0.6 is 0 Å². The highest BCUT2D eigenvalue weighted by Crippen LogP contribution is 2.71. The number of sulfone groups is 3. The molecular weight excluding hydrogens is 1360 g/mol. The summed E-state index contributed by atoms with van der Waals surface area (Å²) in [5, 5.41) is 44.2. The lowest BCUT2D eigenvalue weighted by Gasteiger charge is -2.64.